The first-order chi connectivity index (χ1) is 8.13. The molecule has 0 aromatic heterocycles. The number of likely N-dealkylation sites (tertiary alicyclic amines) is 1. The minimum Gasteiger partial charge on any atom is -0.352 e. The van der Waals surface area contributed by atoms with Crippen molar-refractivity contribution in [2.24, 2.45) is 0 Å². The van der Waals surface area contributed by atoms with Crippen LogP contribution in [0.5, 0.6) is 0 Å². The highest BCUT2D eigenvalue weighted by atomic mass is 79.9. The molecule has 4 nitrogen and oxygen atoms in total. The molecule has 0 aliphatic carbocycles. The van der Waals surface area contributed by atoms with Gasteiger partial charge in [-0.25, -0.2) is 0 Å². The van der Waals surface area contributed by atoms with E-state index in [0.717, 1.165) is 31.1 Å². The monoisotopic (exact) mass is 304 g/mol. The summed E-state index contributed by atoms with van der Waals surface area (Å²) in [6, 6.07) is 0.0496. The van der Waals surface area contributed by atoms with E-state index in [-0.39, 0.29) is 17.9 Å². The number of halogens is 1. The summed E-state index contributed by atoms with van der Waals surface area (Å²) in [5, 5.41) is 3.88. The molecule has 1 fully saturated rings. The van der Waals surface area contributed by atoms with Gasteiger partial charge in [-0.15, -0.1) is 0 Å². The minimum absolute atomic E-state index is 0.0496. The SMILES string of the molecule is CC(CN1CCCC1=O)NC(=O)CCCCBr. The van der Waals surface area contributed by atoms with E-state index in [1.54, 1.807) is 0 Å². The lowest BCUT2D eigenvalue weighted by molar-refractivity contribution is -0.129. The molecule has 1 rings (SSSR count). The van der Waals surface area contributed by atoms with Gasteiger partial charge in [0.15, 0.2) is 0 Å². The highest BCUT2D eigenvalue weighted by molar-refractivity contribution is 9.09. The van der Waals surface area contributed by atoms with Crippen molar-refractivity contribution in [2.45, 2.75) is 45.1 Å². The molecular weight excluding hydrogens is 284 g/mol. The fourth-order valence-corrected chi connectivity index (χ4v) is 2.40. The van der Waals surface area contributed by atoms with Crippen LogP contribution >= 0.6 is 15.9 Å². The van der Waals surface area contributed by atoms with E-state index in [4.69, 9.17) is 0 Å². The van der Waals surface area contributed by atoms with Crippen molar-refractivity contribution in [1.82, 2.24) is 10.2 Å². The summed E-state index contributed by atoms with van der Waals surface area (Å²) in [6.07, 6.45) is 4.11. The molecule has 98 valence electrons. The van der Waals surface area contributed by atoms with Crippen LogP contribution in [0.15, 0.2) is 0 Å². The van der Waals surface area contributed by atoms with Crippen LogP contribution in [-0.4, -0.2) is 41.2 Å². The zero-order chi connectivity index (χ0) is 12.7. The normalized spacial score (nSPS) is 17.3. The average Bonchev–Trinajstić information content (AvgIpc) is 2.64. The number of amides is 2. The van der Waals surface area contributed by atoms with Crippen molar-refractivity contribution >= 4 is 27.7 Å². The van der Waals surface area contributed by atoms with Gasteiger partial charge in [0.05, 0.1) is 0 Å². The zero-order valence-corrected chi connectivity index (χ0v) is 12.0. The first kappa shape index (κ1) is 14.5. The zero-order valence-electron chi connectivity index (χ0n) is 10.4. The molecule has 1 saturated heterocycles. The summed E-state index contributed by atoms with van der Waals surface area (Å²) in [7, 11) is 0. The first-order valence-electron chi connectivity index (χ1n) is 6.26. The van der Waals surface area contributed by atoms with E-state index in [1.165, 1.54) is 0 Å². The lowest BCUT2D eigenvalue weighted by Gasteiger charge is -2.21. The van der Waals surface area contributed by atoms with Crippen molar-refractivity contribution in [2.75, 3.05) is 18.4 Å². The molecule has 1 heterocycles. The second kappa shape index (κ2) is 7.69. The highest BCUT2D eigenvalue weighted by Crippen LogP contribution is 2.09. The Balaban J connectivity index is 2.17. The number of carbonyl (C=O) groups is 2. The van der Waals surface area contributed by atoms with Gasteiger partial charge in [-0.1, -0.05) is 15.9 Å². The van der Waals surface area contributed by atoms with Gasteiger partial charge in [0.2, 0.25) is 11.8 Å². The minimum atomic E-state index is 0.0496. The maximum absolute atomic E-state index is 11.6. The van der Waals surface area contributed by atoms with Crippen molar-refractivity contribution in [3.05, 3.63) is 0 Å². The number of rotatable bonds is 7. The Morgan fingerprint density at radius 1 is 1.53 bits per heavy atom. The molecule has 1 aliphatic heterocycles. The molecular formula is C12H21BrN2O2. The van der Waals surface area contributed by atoms with Crippen LogP contribution in [0.3, 0.4) is 0 Å². The van der Waals surface area contributed by atoms with E-state index in [0.29, 0.717) is 19.4 Å². The van der Waals surface area contributed by atoms with E-state index < -0.39 is 0 Å². The second-order valence-corrected chi connectivity index (χ2v) is 5.35. The Morgan fingerprint density at radius 3 is 2.88 bits per heavy atom. The molecule has 1 N–H and O–H groups in total. The molecule has 1 unspecified atom stereocenters. The predicted octanol–water partition coefficient (Wildman–Crippen LogP) is 1.68. The van der Waals surface area contributed by atoms with Gasteiger partial charge in [0.25, 0.3) is 0 Å². The molecule has 1 aliphatic rings. The number of alkyl halides is 1. The van der Waals surface area contributed by atoms with Crippen LogP contribution < -0.4 is 5.32 Å². The summed E-state index contributed by atoms with van der Waals surface area (Å²) in [4.78, 5) is 24.8. The Hall–Kier alpha value is -0.580. The van der Waals surface area contributed by atoms with Crippen molar-refractivity contribution in [3.8, 4) is 0 Å². The van der Waals surface area contributed by atoms with Crippen LogP contribution in [0.2, 0.25) is 0 Å². The molecule has 5 heteroatoms. The van der Waals surface area contributed by atoms with Crippen molar-refractivity contribution in [1.29, 1.82) is 0 Å². The summed E-state index contributed by atoms with van der Waals surface area (Å²) in [6.45, 7) is 3.43. The number of nitrogens with zero attached hydrogens (tertiary/aromatic N) is 1. The largest absolute Gasteiger partial charge is 0.352 e. The Labute approximate surface area is 111 Å². The number of hydrogen-bond acceptors (Lipinski definition) is 2. The third kappa shape index (κ3) is 5.52. The summed E-state index contributed by atoms with van der Waals surface area (Å²) in [5.41, 5.74) is 0. The molecule has 0 radical (unpaired) electrons. The highest BCUT2D eigenvalue weighted by Gasteiger charge is 2.22. The second-order valence-electron chi connectivity index (χ2n) is 4.56. The molecule has 1 atom stereocenters. The predicted molar refractivity (Wildman–Crippen MR) is 71.1 cm³/mol. The van der Waals surface area contributed by atoms with Gasteiger partial charge in [-0.2, -0.15) is 0 Å². The van der Waals surface area contributed by atoms with Gasteiger partial charge in [0.1, 0.15) is 0 Å². The van der Waals surface area contributed by atoms with Gasteiger partial charge in [-0.05, 0) is 26.2 Å². The standard InChI is InChI=1S/C12H21BrN2O2/c1-10(9-15-8-4-6-12(15)17)14-11(16)5-2-3-7-13/h10H,2-9H2,1H3,(H,14,16). The number of hydrogen-bond donors (Lipinski definition) is 1. The fraction of sp³-hybridized carbons (Fsp3) is 0.833. The van der Waals surface area contributed by atoms with E-state index in [1.807, 2.05) is 11.8 Å². The van der Waals surface area contributed by atoms with Crippen LogP contribution in [0.1, 0.15) is 39.0 Å². The maximum atomic E-state index is 11.6. The summed E-state index contributed by atoms with van der Waals surface area (Å²) in [5.74, 6) is 0.301. The lowest BCUT2D eigenvalue weighted by atomic mass is 10.2. The van der Waals surface area contributed by atoms with E-state index in [2.05, 4.69) is 21.2 Å². The number of carbonyl (C=O) groups excluding carboxylic acids is 2. The average molecular weight is 305 g/mol. The molecule has 0 aromatic rings. The van der Waals surface area contributed by atoms with E-state index in [9.17, 15) is 9.59 Å². The topological polar surface area (TPSA) is 49.4 Å². The third-order valence-corrected chi connectivity index (χ3v) is 3.42. The molecule has 0 spiro atoms. The Bertz CT molecular complexity index is 271. The van der Waals surface area contributed by atoms with Gasteiger partial charge in [-0.3, -0.25) is 9.59 Å². The van der Waals surface area contributed by atoms with Crippen molar-refractivity contribution < 1.29 is 9.59 Å². The molecule has 0 saturated carbocycles. The molecule has 2 amide bonds. The third-order valence-electron chi connectivity index (χ3n) is 2.86. The number of unbranched alkanes of at least 4 members (excludes halogenated alkanes) is 1. The smallest absolute Gasteiger partial charge is 0.222 e. The summed E-state index contributed by atoms with van der Waals surface area (Å²) < 4.78 is 0. The van der Waals surface area contributed by atoms with Crippen molar-refractivity contribution in [3.63, 3.8) is 0 Å². The van der Waals surface area contributed by atoms with Crippen LogP contribution in [-0.2, 0) is 9.59 Å². The summed E-state index contributed by atoms with van der Waals surface area (Å²) >= 11 is 3.34. The molecule has 0 aromatic carbocycles. The maximum Gasteiger partial charge on any atom is 0.222 e. The lowest BCUT2D eigenvalue weighted by Crippen LogP contribution is -2.42. The van der Waals surface area contributed by atoms with Crippen LogP contribution in [0.4, 0.5) is 0 Å². The van der Waals surface area contributed by atoms with Gasteiger partial charge < -0.3 is 10.2 Å². The van der Waals surface area contributed by atoms with Crippen LogP contribution in [0.25, 0.3) is 0 Å². The fourth-order valence-electron chi connectivity index (χ4n) is 2.00. The Morgan fingerprint density at radius 2 is 2.29 bits per heavy atom. The van der Waals surface area contributed by atoms with Gasteiger partial charge in [0, 0.05) is 37.3 Å². The molecule has 17 heavy (non-hydrogen) atoms. The molecule has 0 bridgehead atoms. The van der Waals surface area contributed by atoms with Gasteiger partial charge >= 0.3 is 0 Å². The van der Waals surface area contributed by atoms with E-state index >= 15 is 0 Å². The quantitative estimate of drug-likeness (QED) is 0.575. The Kier molecular flexibility index (Phi) is 6.55. The first-order valence-corrected chi connectivity index (χ1v) is 7.38. The number of nitrogens with one attached hydrogen (secondary N) is 1. The van der Waals surface area contributed by atoms with Crippen LogP contribution in [0, 0.1) is 0 Å².